The summed E-state index contributed by atoms with van der Waals surface area (Å²) in [5.41, 5.74) is 10.3. The molecule has 6 nitrogen and oxygen atoms in total. The standard InChI is InChI=1S/C39H34N4O2/c1-8-15-29(22-25(6)23-36-40-41-38(44-36)34-18-13-16-27(9-2)31(34)11-4)30-20-21-33(26(7)24-30)37-42-43-39(45-37)35-19-14-17-28(10-3)32(35)12-5/h8-22,24H,1-5,23H2,6-7H3/b25-22-,29-15+. The van der Waals surface area contributed by atoms with E-state index in [1.807, 2.05) is 68.5 Å². The average Bonchev–Trinajstić information content (AvgIpc) is 3.74. The molecule has 0 aliphatic rings. The zero-order chi connectivity index (χ0) is 31.9. The molecule has 5 aromatic rings. The summed E-state index contributed by atoms with van der Waals surface area (Å²) in [6.07, 6.45) is 13.5. The highest BCUT2D eigenvalue weighted by molar-refractivity contribution is 5.80. The molecule has 0 saturated heterocycles. The largest absolute Gasteiger partial charge is 0.420 e. The monoisotopic (exact) mass is 590 g/mol. The Balaban J connectivity index is 1.38. The van der Waals surface area contributed by atoms with E-state index in [9.17, 15) is 0 Å². The van der Waals surface area contributed by atoms with Crippen LogP contribution in [0.5, 0.6) is 0 Å². The third kappa shape index (κ3) is 6.40. The SMILES string of the molecule is C=C/C=C(\C=C(\C)Cc1nnc(-c2cccc(C=C)c2C=C)o1)c1ccc(-c2nnc(-c3cccc(C=C)c3C=C)o2)c(C)c1. The van der Waals surface area contributed by atoms with Gasteiger partial charge in [0, 0.05) is 23.1 Å². The second-order valence-corrected chi connectivity index (χ2v) is 10.4. The molecule has 5 rings (SSSR count). The Bertz CT molecular complexity index is 2000. The first-order chi connectivity index (χ1) is 21.9. The summed E-state index contributed by atoms with van der Waals surface area (Å²) in [6, 6.07) is 17.8. The molecule has 2 aromatic heterocycles. The predicted molar refractivity (Wildman–Crippen MR) is 186 cm³/mol. The maximum absolute atomic E-state index is 6.14. The van der Waals surface area contributed by atoms with Gasteiger partial charge in [0.1, 0.15) is 0 Å². The molecule has 222 valence electrons. The molecule has 0 fully saturated rings. The normalized spacial score (nSPS) is 11.7. The molecular weight excluding hydrogens is 556 g/mol. The van der Waals surface area contributed by atoms with Gasteiger partial charge < -0.3 is 8.83 Å². The molecule has 3 aromatic carbocycles. The minimum Gasteiger partial charge on any atom is -0.420 e. The van der Waals surface area contributed by atoms with Gasteiger partial charge in [-0.1, -0.05) is 117 Å². The first kappa shape index (κ1) is 30.6. The van der Waals surface area contributed by atoms with Crippen molar-refractivity contribution < 1.29 is 8.83 Å². The van der Waals surface area contributed by atoms with Gasteiger partial charge in [-0.05, 0) is 71.0 Å². The maximum Gasteiger partial charge on any atom is 0.248 e. The van der Waals surface area contributed by atoms with Crippen LogP contribution in [0, 0.1) is 6.92 Å². The van der Waals surface area contributed by atoms with Gasteiger partial charge in [-0.3, -0.25) is 0 Å². The van der Waals surface area contributed by atoms with Crippen LogP contribution in [0.15, 0.2) is 120 Å². The maximum atomic E-state index is 6.14. The van der Waals surface area contributed by atoms with Crippen molar-refractivity contribution in [3.05, 3.63) is 151 Å². The van der Waals surface area contributed by atoms with Crippen LogP contribution < -0.4 is 0 Å². The molecule has 0 aliphatic heterocycles. The van der Waals surface area contributed by atoms with E-state index < -0.39 is 0 Å². The van der Waals surface area contributed by atoms with Crippen LogP contribution in [-0.2, 0) is 6.42 Å². The van der Waals surface area contributed by atoms with Crippen molar-refractivity contribution in [2.24, 2.45) is 0 Å². The van der Waals surface area contributed by atoms with Crippen molar-refractivity contribution in [3.8, 4) is 34.4 Å². The minimum absolute atomic E-state index is 0.427. The number of nitrogens with zero attached hydrogens (tertiary/aromatic N) is 4. The Labute approximate surface area is 263 Å². The molecule has 0 spiro atoms. The topological polar surface area (TPSA) is 77.8 Å². The molecule has 6 heteroatoms. The molecule has 0 radical (unpaired) electrons. The molecule has 45 heavy (non-hydrogen) atoms. The fourth-order valence-electron chi connectivity index (χ4n) is 5.22. The van der Waals surface area contributed by atoms with E-state index in [0.717, 1.165) is 61.2 Å². The number of rotatable bonds is 12. The smallest absolute Gasteiger partial charge is 0.248 e. The Morgan fingerprint density at radius 3 is 1.82 bits per heavy atom. The van der Waals surface area contributed by atoms with E-state index in [4.69, 9.17) is 8.83 Å². The summed E-state index contributed by atoms with van der Waals surface area (Å²) < 4.78 is 12.2. The van der Waals surface area contributed by atoms with Crippen molar-refractivity contribution in [2.75, 3.05) is 0 Å². The van der Waals surface area contributed by atoms with E-state index in [1.54, 1.807) is 30.4 Å². The summed E-state index contributed by atoms with van der Waals surface area (Å²) in [6.45, 7) is 23.6. The lowest BCUT2D eigenvalue weighted by molar-refractivity contribution is 0.516. The van der Waals surface area contributed by atoms with E-state index in [0.29, 0.717) is 30.0 Å². The first-order valence-corrected chi connectivity index (χ1v) is 14.4. The number of aryl methyl sites for hydroxylation is 1. The summed E-state index contributed by atoms with van der Waals surface area (Å²) in [5.74, 6) is 1.84. The van der Waals surface area contributed by atoms with Crippen molar-refractivity contribution in [3.63, 3.8) is 0 Å². The Kier molecular flexibility index (Phi) is 9.25. The van der Waals surface area contributed by atoms with Gasteiger partial charge in [0.15, 0.2) is 0 Å². The molecular formula is C39H34N4O2. The molecule has 0 saturated carbocycles. The van der Waals surface area contributed by atoms with Crippen LogP contribution in [0.1, 0.15) is 46.2 Å². The Morgan fingerprint density at radius 1 is 0.689 bits per heavy atom. The van der Waals surface area contributed by atoms with Gasteiger partial charge in [-0.15, -0.1) is 20.4 Å². The summed E-state index contributed by atoms with van der Waals surface area (Å²) in [7, 11) is 0. The van der Waals surface area contributed by atoms with Crippen molar-refractivity contribution >= 4 is 29.9 Å². The van der Waals surface area contributed by atoms with Crippen molar-refractivity contribution in [1.82, 2.24) is 20.4 Å². The van der Waals surface area contributed by atoms with Gasteiger partial charge in [-0.2, -0.15) is 0 Å². The van der Waals surface area contributed by atoms with Crippen LogP contribution in [0.2, 0.25) is 0 Å². The molecule has 0 aliphatic carbocycles. The number of hydrogen-bond acceptors (Lipinski definition) is 6. The minimum atomic E-state index is 0.427. The first-order valence-electron chi connectivity index (χ1n) is 14.4. The molecule has 0 bridgehead atoms. The van der Waals surface area contributed by atoms with Crippen LogP contribution in [-0.4, -0.2) is 20.4 Å². The lowest BCUT2D eigenvalue weighted by Gasteiger charge is -2.09. The van der Waals surface area contributed by atoms with E-state index in [1.165, 1.54) is 0 Å². The highest BCUT2D eigenvalue weighted by atomic mass is 16.4. The highest BCUT2D eigenvalue weighted by Crippen LogP contribution is 2.32. The molecule has 2 heterocycles. The van der Waals surface area contributed by atoms with Crippen molar-refractivity contribution in [1.29, 1.82) is 0 Å². The van der Waals surface area contributed by atoms with Crippen LogP contribution >= 0.6 is 0 Å². The summed E-state index contributed by atoms with van der Waals surface area (Å²) in [5, 5.41) is 17.3. The van der Waals surface area contributed by atoms with Gasteiger partial charge in [0.05, 0.1) is 0 Å². The molecule has 0 unspecified atom stereocenters. The fourth-order valence-corrected chi connectivity index (χ4v) is 5.22. The second-order valence-electron chi connectivity index (χ2n) is 10.4. The lowest BCUT2D eigenvalue weighted by Crippen LogP contribution is -1.91. The summed E-state index contributed by atoms with van der Waals surface area (Å²) >= 11 is 0. The number of hydrogen-bond donors (Lipinski definition) is 0. The zero-order valence-electron chi connectivity index (χ0n) is 25.6. The second kappa shape index (κ2) is 13.6. The van der Waals surface area contributed by atoms with Gasteiger partial charge in [0.2, 0.25) is 23.6 Å². The molecule has 0 N–H and O–H groups in total. The van der Waals surface area contributed by atoms with E-state index in [-0.39, 0.29) is 0 Å². The third-order valence-electron chi connectivity index (χ3n) is 7.40. The molecule has 0 amide bonds. The number of allylic oxidation sites excluding steroid dienone is 5. The molecule has 0 atom stereocenters. The van der Waals surface area contributed by atoms with Gasteiger partial charge in [-0.25, -0.2) is 0 Å². The van der Waals surface area contributed by atoms with Crippen LogP contribution in [0.4, 0.5) is 0 Å². The Hall–Kier alpha value is -5.88. The van der Waals surface area contributed by atoms with Gasteiger partial charge >= 0.3 is 0 Å². The van der Waals surface area contributed by atoms with Crippen LogP contribution in [0.3, 0.4) is 0 Å². The number of benzene rings is 3. The van der Waals surface area contributed by atoms with Gasteiger partial charge in [0.25, 0.3) is 0 Å². The van der Waals surface area contributed by atoms with Crippen molar-refractivity contribution in [2.45, 2.75) is 20.3 Å². The highest BCUT2D eigenvalue weighted by Gasteiger charge is 2.17. The summed E-state index contributed by atoms with van der Waals surface area (Å²) in [4.78, 5) is 0. The van der Waals surface area contributed by atoms with E-state index in [2.05, 4.69) is 65.4 Å². The zero-order valence-corrected chi connectivity index (χ0v) is 25.6. The Morgan fingerprint density at radius 2 is 1.27 bits per heavy atom. The fraction of sp³-hybridized carbons (Fsp3) is 0.0769. The van der Waals surface area contributed by atoms with Crippen LogP contribution in [0.25, 0.3) is 64.2 Å². The number of aromatic nitrogens is 4. The predicted octanol–water partition coefficient (Wildman–Crippen LogP) is 10.1. The van der Waals surface area contributed by atoms with E-state index >= 15 is 0 Å². The average molecular weight is 591 g/mol. The quantitative estimate of drug-likeness (QED) is 0.135. The third-order valence-corrected chi connectivity index (χ3v) is 7.40. The lowest BCUT2D eigenvalue weighted by atomic mass is 9.97.